The van der Waals surface area contributed by atoms with Crippen LogP contribution in [-0.2, 0) is 11.3 Å². The zero-order valence-electron chi connectivity index (χ0n) is 10.3. The standard InChI is InChI=1S/C11H15ClN4O2/c1-11(2)9(17)16(10(18)14-11)5-3-4-15-7-8(12)6-13-15/h6-7H,3-5H2,1-2H3,(H,14,18). The van der Waals surface area contributed by atoms with Gasteiger partial charge in [0.05, 0.1) is 11.2 Å². The molecule has 3 amide bonds. The van der Waals surface area contributed by atoms with Gasteiger partial charge in [-0.2, -0.15) is 5.10 Å². The Morgan fingerprint density at radius 2 is 2.11 bits per heavy atom. The van der Waals surface area contributed by atoms with Gasteiger partial charge in [0.15, 0.2) is 0 Å². The van der Waals surface area contributed by atoms with E-state index >= 15 is 0 Å². The number of nitrogens with zero attached hydrogens (tertiary/aromatic N) is 3. The van der Waals surface area contributed by atoms with E-state index in [1.807, 2.05) is 0 Å². The molecule has 1 saturated heterocycles. The topological polar surface area (TPSA) is 67.2 Å². The normalized spacial score (nSPS) is 18.3. The minimum absolute atomic E-state index is 0.189. The van der Waals surface area contributed by atoms with E-state index in [4.69, 9.17) is 11.6 Å². The largest absolute Gasteiger partial charge is 0.325 e. The molecule has 1 aliphatic heterocycles. The van der Waals surface area contributed by atoms with Gasteiger partial charge in [0, 0.05) is 19.3 Å². The molecule has 7 heteroatoms. The smallest absolute Gasteiger partial charge is 0.324 e. The molecule has 98 valence electrons. The minimum Gasteiger partial charge on any atom is -0.324 e. The van der Waals surface area contributed by atoms with Crippen molar-refractivity contribution in [1.82, 2.24) is 20.0 Å². The third-order valence-corrected chi connectivity index (χ3v) is 3.01. The Kier molecular flexibility index (Phi) is 3.30. The van der Waals surface area contributed by atoms with Gasteiger partial charge in [-0.25, -0.2) is 4.79 Å². The molecular formula is C11H15ClN4O2. The third-order valence-electron chi connectivity index (χ3n) is 2.82. The molecule has 1 aromatic heterocycles. The number of carbonyl (C=O) groups is 2. The molecule has 2 rings (SSSR count). The van der Waals surface area contributed by atoms with Crippen LogP contribution in [0.15, 0.2) is 12.4 Å². The lowest BCUT2D eigenvalue weighted by atomic mass is 10.1. The van der Waals surface area contributed by atoms with E-state index < -0.39 is 5.54 Å². The van der Waals surface area contributed by atoms with Gasteiger partial charge in [-0.15, -0.1) is 0 Å². The first-order chi connectivity index (χ1) is 8.40. The summed E-state index contributed by atoms with van der Waals surface area (Å²) in [5.41, 5.74) is -0.800. The molecule has 1 N–H and O–H groups in total. The van der Waals surface area contributed by atoms with Crippen LogP contribution in [0.1, 0.15) is 20.3 Å². The Bertz CT molecular complexity index is 483. The van der Waals surface area contributed by atoms with Crippen molar-refractivity contribution in [2.75, 3.05) is 6.54 Å². The van der Waals surface area contributed by atoms with Gasteiger partial charge in [-0.1, -0.05) is 11.6 Å². The molecule has 0 aliphatic carbocycles. The SMILES string of the molecule is CC1(C)NC(=O)N(CCCn2cc(Cl)cn2)C1=O. The van der Waals surface area contributed by atoms with E-state index in [0.717, 1.165) is 0 Å². The highest BCUT2D eigenvalue weighted by Gasteiger charge is 2.43. The van der Waals surface area contributed by atoms with Gasteiger partial charge in [0.2, 0.25) is 0 Å². The summed E-state index contributed by atoms with van der Waals surface area (Å²) in [7, 11) is 0. The molecule has 0 bridgehead atoms. The van der Waals surface area contributed by atoms with Gasteiger partial charge >= 0.3 is 6.03 Å². The maximum atomic E-state index is 11.9. The second-order valence-electron chi connectivity index (χ2n) is 4.79. The van der Waals surface area contributed by atoms with Crippen LogP contribution in [0.25, 0.3) is 0 Å². The van der Waals surface area contributed by atoms with Crippen LogP contribution >= 0.6 is 11.6 Å². The first-order valence-electron chi connectivity index (χ1n) is 5.72. The van der Waals surface area contributed by atoms with Crippen LogP contribution in [0, 0.1) is 0 Å². The molecule has 1 aliphatic rings. The Balaban J connectivity index is 1.87. The lowest BCUT2D eigenvalue weighted by Gasteiger charge is -2.15. The van der Waals surface area contributed by atoms with E-state index in [1.165, 1.54) is 4.90 Å². The van der Waals surface area contributed by atoms with Gasteiger partial charge < -0.3 is 5.32 Å². The summed E-state index contributed by atoms with van der Waals surface area (Å²) in [6, 6.07) is -0.330. The summed E-state index contributed by atoms with van der Waals surface area (Å²) >= 11 is 5.74. The van der Waals surface area contributed by atoms with E-state index in [0.29, 0.717) is 24.5 Å². The summed E-state index contributed by atoms with van der Waals surface area (Å²) in [5, 5.41) is 7.24. The lowest BCUT2D eigenvalue weighted by molar-refractivity contribution is -0.130. The predicted octanol–water partition coefficient (Wildman–Crippen LogP) is 1.26. The van der Waals surface area contributed by atoms with Gasteiger partial charge in [-0.05, 0) is 20.3 Å². The van der Waals surface area contributed by atoms with Crippen LogP contribution in [0.4, 0.5) is 4.79 Å². The number of amides is 3. The van der Waals surface area contributed by atoms with E-state index in [1.54, 1.807) is 30.9 Å². The van der Waals surface area contributed by atoms with Crippen molar-refractivity contribution in [3.63, 3.8) is 0 Å². The van der Waals surface area contributed by atoms with Crippen molar-refractivity contribution < 1.29 is 9.59 Å². The monoisotopic (exact) mass is 270 g/mol. The molecule has 2 heterocycles. The molecule has 0 saturated carbocycles. The zero-order chi connectivity index (χ0) is 13.3. The molecule has 6 nitrogen and oxygen atoms in total. The van der Waals surface area contributed by atoms with Crippen LogP contribution < -0.4 is 5.32 Å². The predicted molar refractivity (Wildman–Crippen MR) is 66.2 cm³/mol. The highest BCUT2D eigenvalue weighted by Crippen LogP contribution is 2.16. The number of carbonyl (C=O) groups excluding carboxylic acids is 2. The fourth-order valence-corrected chi connectivity index (χ4v) is 2.03. The molecule has 0 atom stereocenters. The number of halogens is 1. The second-order valence-corrected chi connectivity index (χ2v) is 5.22. The molecule has 0 radical (unpaired) electrons. The number of imide groups is 1. The molecule has 0 spiro atoms. The Hall–Kier alpha value is -1.56. The third kappa shape index (κ3) is 2.48. The fourth-order valence-electron chi connectivity index (χ4n) is 1.87. The first kappa shape index (κ1) is 12.9. The first-order valence-corrected chi connectivity index (χ1v) is 6.10. The summed E-state index contributed by atoms with van der Waals surface area (Å²) in [6.45, 7) is 4.39. The van der Waals surface area contributed by atoms with Crippen LogP contribution in [0.5, 0.6) is 0 Å². The number of aryl methyl sites for hydroxylation is 1. The van der Waals surface area contributed by atoms with Crippen molar-refractivity contribution in [2.24, 2.45) is 0 Å². The lowest BCUT2D eigenvalue weighted by Crippen LogP contribution is -2.40. The van der Waals surface area contributed by atoms with Crippen LogP contribution in [-0.4, -0.2) is 38.7 Å². The van der Waals surface area contributed by atoms with Crippen LogP contribution in [0.2, 0.25) is 5.02 Å². The average molecular weight is 271 g/mol. The van der Waals surface area contributed by atoms with E-state index in [9.17, 15) is 9.59 Å². The van der Waals surface area contributed by atoms with Crippen molar-refractivity contribution >= 4 is 23.5 Å². The van der Waals surface area contributed by atoms with Gasteiger partial charge in [0.1, 0.15) is 5.54 Å². The summed E-state index contributed by atoms with van der Waals surface area (Å²) < 4.78 is 1.69. The minimum atomic E-state index is -0.800. The van der Waals surface area contributed by atoms with Crippen molar-refractivity contribution in [3.8, 4) is 0 Å². The highest BCUT2D eigenvalue weighted by atomic mass is 35.5. The average Bonchev–Trinajstić information content (AvgIpc) is 2.75. The van der Waals surface area contributed by atoms with Crippen molar-refractivity contribution in [2.45, 2.75) is 32.4 Å². The van der Waals surface area contributed by atoms with Crippen molar-refractivity contribution in [3.05, 3.63) is 17.4 Å². The van der Waals surface area contributed by atoms with Gasteiger partial charge in [0.25, 0.3) is 5.91 Å². The summed E-state index contributed by atoms with van der Waals surface area (Å²) in [6.07, 6.45) is 3.91. The van der Waals surface area contributed by atoms with Crippen LogP contribution in [0.3, 0.4) is 0 Å². The number of rotatable bonds is 4. The maximum absolute atomic E-state index is 11.9. The molecule has 18 heavy (non-hydrogen) atoms. The van der Waals surface area contributed by atoms with E-state index in [2.05, 4.69) is 10.4 Å². The molecule has 0 aromatic carbocycles. The van der Waals surface area contributed by atoms with E-state index in [-0.39, 0.29) is 11.9 Å². The number of nitrogens with one attached hydrogen (secondary N) is 1. The van der Waals surface area contributed by atoms with Gasteiger partial charge in [-0.3, -0.25) is 14.4 Å². The Morgan fingerprint density at radius 1 is 1.39 bits per heavy atom. The number of hydrogen-bond acceptors (Lipinski definition) is 3. The molecule has 1 fully saturated rings. The Labute approximate surface area is 110 Å². The quantitative estimate of drug-likeness (QED) is 0.838. The summed E-state index contributed by atoms with van der Waals surface area (Å²) in [5.74, 6) is -0.189. The fraction of sp³-hybridized carbons (Fsp3) is 0.545. The maximum Gasteiger partial charge on any atom is 0.325 e. The summed E-state index contributed by atoms with van der Waals surface area (Å²) in [4.78, 5) is 24.7. The number of aromatic nitrogens is 2. The zero-order valence-corrected chi connectivity index (χ0v) is 11.1. The number of urea groups is 1. The second kappa shape index (κ2) is 4.61. The molecule has 0 unspecified atom stereocenters. The highest BCUT2D eigenvalue weighted by molar-refractivity contribution is 6.30. The van der Waals surface area contributed by atoms with Crippen molar-refractivity contribution in [1.29, 1.82) is 0 Å². The molecule has 1 aromatic rings. The molecular weight excluding hydrogens is 256 g/mol. The number of hydrogen-bond donors (Lipinski definition) is 1. The Morgan fingerprint density at radius 3 is 2.61 bits per heavy atom.